The first-order valence-corrected chi connectivity index (χ1v) is 9.11. The number of guanidine groups is 1. The summed E-state index contributed by atoms with van der Waals surface area (Å²) in [4.78, 5) is 5.32. The summed E-state index contributed by atoms with van der Waals surface area (Å²) in [6.45, 7) is 3.99. The van der Waals surface area contributed by atoms with E-state index in [1.54, 1.807) is 7.05 Å². The first-order chi connectivity index (χ1) is 13.2. The Kier molecular flexibility index (Phi) is 10.0. The first-order valence-electron chi connectivity index (χ1n) is 9.11. The van der Waals surface area contributed by atoms with E-state index in [-0.39, 0.29) is 36.6 Å². The summed E-state index contributed by atoms with van der Waals surface area (Å²) in [6.07, 6.45) is -4.20. The average Bonchev–Trinajstić information content (AvgIpc) is 3.05. The lowest BCUT2D eigenvalue weighted by atomic mass is 10.2. The number of benzene rings is 1. The number of rotatable bonds is 8. The Hall–Kier alpha value is -1.69. The van der Waals surface area contributed by atoms with E-state index >= 15 is 0 Å². The Balaban J connectivity index is 0.00000420. The van der Waals surface area contributed by atoms with Crippen LogP contribution in [0.2, 0.25) is 0 Å². The Labute approximate surface area is 185 Å². The third kappa shape index (κ3) is 7.92. The van der Waals surface area contributed by atoms with E-state index in [1.807, 2.05) is 38.1 Å². The van der Waals surface area contributed by atoms with Crippen molar-refractivity contribution >= 4 is 40.9 Å². The summed E-state index contributed by atoms with van der Waals surface area (Å²) in [6, 6.07) is 7.44. The Morgan fingerprint density at radius 2 is 2.07 bits per heavy atom. The zero-order chi connectivity index (χ0) is 20.7. The van der Waals surface area contributed by atoms with Gasteiger partial charge in [-0.1, -0.05) is 12.1 Å². The Morgan fingerprint density at radius 1 is 1.34 bits per heavy atom. The molecule has 0 fully saturated rings. The van der Waals surface area contributed by atoms with Crippen LogP contribution in [-0.2, 0) is 0 Å². The molecular weight excluding hydrogens is 500 g/mol. The number of nitrogens with one attached hydrogen (secondary N) is 2. The molecule has 1 unspecified atom stereocenters. The van der Waals surface area contributed by atoms with Gasteiger partial charge in [0.2, 0.25) is 0 Å². The van der Waals surface area contributed by atoms with Crippen molar-refractivity contribution in [2.45, 2.75) is 26.1 Å². The van der Waals surface area contributed by atoms with Gasteiger partial charge in [0.05, 0.1) is 19.2 Å². The standard InChI is InChI=1S/C19H27F3N4O2.HI/c1-5-27-15-8-6-7-14-11-16(28-17(14)15)13(2)25-18(23-3)24-9-10-26(4)12-19(20,21)22;/h6-8,11,13H,5,9-10,12H2,1-4H3,(H2,23,24,25);1H. The summed E-state index contributed by atoms with van der Waals surface area (Å²) in [5, 5.41) is 7.13. The van der Waals surface area contributed by atoms with Crippen LogP contribution in [0.4, 0.5) is 13.2 Å². The number of fused-ring (bicyclic) bond motifs is 1. The van der Waals surface area contributed by atoms with E-state index in [4.69, 9.17) is 9.15 Å². The maximum atomic E-state index is 12.4. The van der Waals surface area contributed by atoms with E-state index in [0.29, 0.717) is 36.2 Å². The lowest BCUT2D eigenvalue weighted by molar-refractivity contribution is -0.142. The number of hydrogen-bond acceptors (Lipinski definition) is 4. The number of ether oxygens (including phenoxy) is 1. The number of hydrogen-bond donors (Lipinski definition) is 2. The van der Waals surface area contributed by atoms with Crippen LogP contribution in [0.25, 0.3) is 11.0 Å². The lowest BCUT2D eigenvalue weighted by Gasteiger charge is -2.20. The third-order valence-electron chi connectivity index (χ3n) is 4.07. The van der Waals surface area contributed by atoms with Crippen LogP contribution in [-0.4, -0.2) is 57.4 Å². The molecule has 1 heterocycles. The predicted molar refractivity (Wildman–Crippen MR) is 119 cm³/mol. The van der Waals surface area contributed by atoms with Crippen molar-refractivity contribution in [3.63, 3.8) is 0 Å². The highest BCUT2D eigenvalue weighted by Crippen LogP contribution is 2.31. The van der Waals surface area contributed by atoms with Crippen LogP contribution >= 0.6 is 24.0 Å². The van der Waals surface area contributed by atoms with E-state index in [9.17, 15) is 13.2 Å². The van der Waals surface area contributed by atoms with Gasteiger partial charge in [-0.2, -0.15) is 13.2 Å². The van der Waals surface area contributed by atoms with Crippen LogP contribution in [0, 0.1) is 0 Å². The zero-order valence-corrected chi connectivity index (χ0v) is 19.3. The van der Waals surface area contributed by atoms with Crippen molar-refractivity contribution in [1.82, 2.24) is 15.5 Å². The lowest BCUT2D eigenvalue weighted by Crippen LogP contribution is -2.43. The number of nitrogens with zero attached hydrogens (tertiary/aromatic N) is 2. The van der Waals surface area contributed by atoms with Gasteiger partial charge in [-0.15, -0.1) is 24.0 Å². The number of halogens is 4. The summed E-state index contributed by atoms with van der Waals surface area (Å²) in [5.41, 5.74) is 0.685. The molecule has 6 nitrogen and oxygen atoms in total. The normalized spacial score (nSPS) is 13.3. The molecule has 0 spiro atoms. The van der Waals surface area contributed by atoms with Crippen molar-refractivity contribution in [2.24, 2.45) is 4.99 Å². The largest absolute Gasteiger partial charge is 0.490 e. The molecule has 0 saturated heterocycles. The summed E-state index contributed by atoms with van der Waals surface area (Å²) >= 11 is 0. The number of aliphatic imine (C=N–C) groups is 1. The van der Waals surface area contributed by atoms with Gasteiger partial charge in [0.15, 0.2) is 17.3 Å². The van der Waals surface area contributed by atoms with Crippen LogP contribution in [0.3, 0.4) is 0 Å². The Bertz CT molecular complexity index is 795. The number of furan rings is 1. The van der Waals surface area contributed by atoms with E-state index in [1.165, 1.54) is 11.9 Å². The summed E-state index contributed by atoms with van der Waals surface area (Å²) in [7, 11) is 3.03. The smallest absolute Gasteiger partial charge is 0.401 e. The van der Waals surface area contributed by atoms with Crippen LogP contribution in [0.1, 0.15) is 25.6 Å². The zero-order valence-electron chi connectivity index (χ0n) is 17.0. The maximum Gasteiger partial charge on any atom is 0.401 e. The monoisotopic (exact) mass is 528 g/mol. The van der Waals surface area contributed by atoms with Crippen molar-refractivity contribution in [3.05, 3.63) is 30.0 Å². The van der Waals surface area contributed by atoms with Crippen LogP contribution in [0.5, 0.6) is 5.75 Å². The maximum absolute atomic E-state index is 12.4. The molecule has 0 aliphatic heterocycles. The molecule has 0 bridgehead atoms. The minimum atomic E-state index is -4.20. The van der Waals surface area contributed by atoms with Gasteiger partial charge >= 0.3 is 6.18 Å². The van der Waals surface area contributed by atoms with Crippen molar-refractivity contribution in [1.29, 1.82) is 0 Å². The van der Waals surface area contributed by atoms with Gasteiger partial charge in [-0.25, -0.2) is 0 Å². The molecule has 10 heteroatoms. The van der Waals surface area contributed by atoms with E-state index in [0.717, 1.165) is 5.39 Å². The van der Waals surface area contributed by atoms with Crippen molar-refractivity contribution in [2.75, 3.05) is 40.3 Å². The highest BCUT2D eigenvalue weighted by atomic mass is 127. The van der Waals surface area contributed by atoms with Crippen molar-refractivity contribution in [3.8, 4) is 5.75 Å². The fraction of sp³-hybridized carbons (Fsp3) is 0.526. The van der Waals surface area contributed by atoms with Gasteiger partial charge in [0.1, 0.15) is 5.76 Å². The second-order valence-corrected chi connectivity index (χ2v) is 6.47. The third-order valence-corrected chi connectivity index (χ3v) is 4.07. The molecule has 1 atom stereocenters. The topological polar surface area (TPSA) is 62.0 Å². The molecule has 0 aliphatic carbocycles. The van der Waals surface area contributed by atoms with Crippen LogP contribution < -0.4 is 15.4 Å². The second-order valence-electron chi connectivity index (χ2n) is 6.47. The second kappa shape index (κ2) is 11.5. The number of alkyl halides is 3. The first kappa shape index (κ1) is 25.3. The van der Waals surface area contributed by atoms with Gasteiger partial charge in [0, 0.05) is 25.5 Å². The minimum absolute atomic E-state index is 0. The van der Waals surface area contributed by atoms with Gasteiger partial charge in [-0.05, 0) is 33.0 Å². The molecule has 1 aromatic heterocycles. The summed E-state index contributed by atoms with van der Waals surface area (Å²) < 4.78 is 48.6. The van der Waals surface area contributed by atoms with Crippen LogP contribution in [0.15, 0.2) is 33.7 Å². The molecule has 0 aliphatic rings. The molecule has 0 saturated carbocycles. The van der Waals surface area contributed by atoms with Crippen molar-refractivity contribution < 1.29 is 22.3 Å². The molecule has 1 aromatic carbocycles. The molecule has 0 amide bonds. The fourth-order valence-corrected chi connectivity index (χ4v) is 2.76. The van der Waals surface area contributed by atoms with E-state index in [2.05, 4.69) is 15.6 Å². The highest BCUT2D eigenvalue weighted by Gasteiger charge is 2.28. The SMILES string of the molecule is CCOc1cccc2cc(C(C)NC(=NC)NCCN(C)CC(F)(F)F)oc12.I. The molecule has 29 heavy (non-hydrogen) atoms. The minimum Gasteiger partial charge on any atom is -0.490 e. The van der Waals surface area contributed by atoms with Gasteiger partial charge in [0.25, 0.3) is 0 Å². The molecule has 2 N–H and O–H groups in total. The Morgan fingerprint density at radius 3 is 2.69 bits per heavy atom. The number of likely N-dealkylation sites (N-methyl/N-ethyl adjacent to an activating group) is 1. The van der Waals surface area contributed by atoms with Gasteiger partial charge < -0.3 is 19.8 Å². The highest BCUT2D eigenvalue weighted by molar-refractivity contribution is 14.0. The molecule has 0 radical (unpaired) electrons. The quantitative estimate of drug-likeness (QED) is 0.306. The molecule has 164 valence electrons. The molecular formula is C19H28F3IN4O2. The van der Waals surface area contributed by atoms with E-state index < -0.39 is 12.7 Å². The van der Waals surface area contributed by atoms with Gasteiger partial charge in [-0.3, -0.25) is 9.89 Å². The average molecular weight is 528 g/mol. The predicted octanol–water partition coefficient (Wildman–Crippen LogP) is 4.17. The fourth-order valence-electron chi connectivity index (χ4n) is 2.76. The summed E-state index contributed by atoms with van der Waals surface area (Å²) in [5.74, 6) is 1.88. The molecule has 2 aromatic rings. The molecule has 2 rings (SSSR count). The number of para-hydroxylation sites is 1.